The number of amides is 4. The third-order valence-corrected chi connectivity index (χ3v) is 27.5. The quantitative estimate of drug-likeness (QED) is 0.0557. The lowest BCUT2D eigenvalue weighted by Crippen LogP contribution is -2.42. The van der Waals surface area contributed by atoms with Crippen LogP contribution in [0.1, 0.15) is 197 Å². The highest BCUT2D eigenvalue weighted by Gasteiger charge is 2.37. The number of fused-ring (bicyclic) bond motifs is 2. The zero-order chi connectivity index (χ0) is 101. The zero-order valence-electron chi connectivity index (χ0n) is 83.1. The molecular formula is C114H123ClF3N17O7S. The van der Waals surface area contributed by atoms with Crippen LogP contribution in [0.4, 0.5) is 48.3 Å². The number of hydrogen-bond donors (Lipinski definition) is 1. The molecule has 8 heterocycles. The first-order valence-corrected chi connectivity index (χ1v) is 50.6. The molecule has 9 aromatic carbocycles. The number of ether oxygens (including phenoxy) is 3. The fraction of sp³-hybridized carbons (Fsp3) is 0.342. The van der Waals surface area contributed by atoms with Gasteiger partial charge in [-0.05, 0) is 212 Å². The van der Waals surface area contributed by atoms with Gasteiger partial charge in [-0.15, -0.1) is 0 Å². The average Bonchev–Trinajstić information content (AvgIpc) is 1.55. The maximum absolute atomic E-state index is 15.1. The van der Waals surface area contributed by atoms with Crippen LogP contribution in [0.15, 0.2) is 243 Å². The van der Waals surface area contributed by atoms with Crippen molar-refractivity contribution in [2.75, 3.05) is 89.6 Å². The van der Waals surface area contributed by atoms with E-state index in [0.29, 0.717) is 111 Å². The molecule has 24 nitrogen and oxygen atoms in total. The SMILES string of the molecule is CC(C)N(C(=O)c1cnc(N2CCC3CCCCC3C2)nc1-c1ccccc1F)c1cccc(C#N)c1.CC(C)N(Cc1ccc(C(C)(C)C)cc1)C(=O)c1cnc(N2CCSCC2)nc1-c1ccccc1F.CC(C)N(Cc1ccccc1)C(=O)c1cnc(Nc2ccc3c(c2)OCO3)nc1-c1ccccc1F.COc1cccc(CN(C(=O)c2cnc(N3CCCCC3)nc2-c2ccccc2Cl)C(C)C)c1. The van der Waals surface area contributed by atoms with E-state index in [2.05, 4.69) is 96.0 Å². The molecule has 4 amide bonds. The standard InChI is InChI=1S/C30H32FN5O.C29H35FN4OS.C28H25FN4O3.C27H31ClN4O2/c1-20(2)36(24-11-7-8-21(16-24)17-32)29(37)26-18-33-30(34-28(26)25-12-5-6-13-27(25)31)35-15-14-22-9-3-4-10-23(22)19-35;1-20(2)34(19-21-10-12-22(13-11-21)29(3,4)5)27(35)24-18-31-28(33-14-16-36-17-15-33)32-26(24)23-8-6-7-9-25(23)30;1-18(2)33(16-19-8-4-3-5-9-19)27(34)22-15-30-28(32-26(22)21-10-6-7-11-23(21)29)31-20-12-13-24-25(14-20)36-17-35-24;1-19(2)32(18-20-10-9-11-21(16-20)34-3)26(33)23-17-29-27(31-14-7-4-8-15-31)30-25(23)22-12-5-6-13-24(22)28/h5-8,11-13,16,18,20,22-23H,3-4,9-10,14-15,19H2,1-2H3;6-13,18,20H,14-17,19H2,1-5H3;3-15,18H,16-17H2,1-2H3,(H,30,31,32);5-6,9-13,16-17,19H,4,7-8,14-15,18H2,1-3H3. The number of thioether (sulfide) groups is 1. The summed E-state index contributed by atoms with van der Waals surface area (Å²) in [5, 5.41) is 13.0. The van der Waals surface area contributed by atoms with Crippen LogP contribution in [0.25, 0.3) is 45.0 Å². The fourth-order valence-electron chi connectivity index (χ4n) is 18.3. The maximum atomic E-state index is 15.1. The summed E-state index contributed by atoms with van der Waals surface area (Å²) in [6.45, 7) is 29.0. The molecule has 740 valence electrons. The molecule has 1 N–H and O–H groups in total. The molecule has 3 saturated heterocycles. The smallest absolute Gasteiger partial charge is 0.262 e. The van der Waals surface area contributed by atoms with E-state index < -0.39 is 17.5 Å². The molecule has 4 aliphatic heterocycles. The number of methoxy groups -OCH3 is 1. The third kappa shape index (κ3) is 25.6. The summed E-state index contributed by atoms with van der Waals surface area (Å²) < 4.78 is 61.0. The van der Waals surface area contributed by atoms with Crippen molar-refractivity contribution < 1.29 is 46.6 Å². The predicted molar refractivity (Wildman–Crippen MR) is 561 cm³/mol. The van der Waals surface area contributed by atoms with Crippen molar-refractivity contribution in [2.24, 2.45) is 11.8 Å². The second-order valence-electron chi connectivity index (χ2n) is 38.3. The number of nitrogens with zero attached hydrogens (tertiary/aromatic N) is 16. The lowest BCUT2D eigenvalue weighted by atomic mass is 9.75. The van der Waals surface area contributed by atoms with Crippen LogP contribution in [-0.2, 0) is 25.0 Å². The number of piperidine rings is 2. The van der Waals surface area contributed by atoms with Gasteiger partial charge in [0.05, 0.1) is 63.8 Å². The average molecular weight is 1970 g/mol. The van der Waals surface area contributed by atoms with Crippen LogP contribution >= 0.6 is 23.4 Å². The Morgan fingerprint density at radius 2 is 0.937 bits per heavy atom. The predicted octanol–water partition coefficient (Wildman–Crippen LogP) is 24.1. The van der Waals surface area contributed by atoms with E-state index >= 15 is 4.39 Å². The van der Waals surface area contributed by atoms with Gasteiger partial charge in [0.15, 0.2) is 11.5 Å². The third-order valence-electron chi connectivity index (χ3n) is 26.2. The zero-order valence-corrected chi connectivity index (χ0v) is 84.7. The monoisotopic (exact) mass is 1970 g/mol. The summed E-state index contributed by atoms with van der Waals surface area (Å²) in [5.74, 6) is 5.11. The molecule has 1 aliphatic carbocycles. The van der Waals surface area contributed by atoms with Gasteiger partial charge in [0, 0.05) is 164 Å². The van der Waals surface area contributed by atoms with Gasteiger partial charge in [-0.3, -0.25) is 19.2 Å². The highest BCUT2D eigenvalue weighted by molar-refractivity contribution is 7.99. The normalized spacial score (nSPS) is 14.9. The molecule has 143 heavy (non-hydrogen) atoms. The number of anilines is 6. The van der Waals surface area contributed by atoms with Crippen molar-refractivity contribution in [1.82, 2.24) is 54.6 Å². The van der Waals surface area contributed by atoms with E-state index in [4.69, 9.17) is 40.8 Å². The minimum absolute atomic E-state index is 0.0282. The molecule has 13 aromatic rings. The molecule has 0 bridgehead atoms. The Hall–Kier alpha value is -14.3. The first-order chi connectivity index (χ1) is 69.1. The number of aromatic nitrogens is 8. The second kappa shape index (κ2) is 48.0. The van der Waals surface area contributed by atoms with Crippen LogP contribution in [0.3, 0.4) is 0 Å². The highest BCUT2D eigenvalue weighted by Crippen LogP contribution is 2.42. The van der Waals surface area contributed by atoms with Crippen molar-refractivity contribution >= 4 is 82.2 Å². The first-order valence-electron chi connectivity index (χ1n) is 49.1. The number of nitriles is 1. The van der Waals surface area contributed by atoms with Crippen molar-refractivity contribution in [2.45, 2.75) is 177 Å². The van der Waals surface area contributed by atoms with Crippen molar-refractivity contribution in [3.8, 4) is 68.3 Å². The van der Waals surface area contributed by atoms with E-state index in [0.717, 1.165) is 104 Å². The van der Waals surface area contributed by atoms with Gasteiger partial charge in [0.2, 0.25) is 30.6 Å². The van der Waals surface area contributed by atoms with Crippen molar-refractivity contribution in [1.29, 1.82) is 5.26 Å². The van der Waals surface area contributed by atoms with Crippen LogP contribution < -0.4 is 39.1 Å². The summed E-state index contributed by atoms with van der Waals surface area (Å²) in [6.07, 6.45) is 15.9. The van der Waals surface area contributed by atoms with Crippen LogP contribution in [0, 0.1) is 40.6 Å². The highest BCUT2D eigenvalue weighted by atomic mass is 35.5. The van der Waals surface area contributed by atoms with Gasteiger partial charge in [0.1, 0.15) is 23.2 Å². The van der Waals surface area contributed by atoms with Crippen LogP contribution in [-0.4, -0.2) is 167 Å². The Kier molecular flexibility index (Phi) is 34.6. The van der Waals surface area contributed by atoms with Crippen LogP contribution in [0.5, 0.6) is 17.2 Å². The molecule has 18 rings (SSSR count). The number of rotatable bonds is 25. The number of hydrogen-bond acceptors (Lipinski definition) is 21. The molecule has 4 aromatic heterocycles. The van der Waals surface area contributed by atoms with Gasteiger partial charge >= 0.3 is 0 Å². The van der Waals surface area contributed by atoms with Crippen LogP contribution in [0.2, 0.25) is 5.02 Å². The van der Waals surface area contributed by atoms with E-state index in [-0.39, 0.29) is 93.9 Å². The topological polar surface area (TPSA) is 258 Å². The van der Waals surface area contributed by atoms with Gasteiger partial charge in [0.25, 0.3) is 23.6 Å². The van der Waals surface area contributed by atoms with E-state index in [1.54, 1.807) is 137 Å². The largest absolute Gasteiger partial charge is 0.497 e. The second-order valence-corrected chi connectivity index (χ2v) is 40.0. The number of benzene rings is 9. The molecule has 5 aliphatic rings. The summed E-state index contributed by atoms with van der Waals surface area (Å²) in [6, 6.07) is 66.6. The number of nitrogens with one attached hydrogen (secondary N) is 1. The molecule has 2 unspecified atom stereocenters. The molecule has 1 saturated carbocycles. The van der Waals surface area contributed by atoms with Crippen molar-refractivity contribution in [3.05, 3.63) is 316 Å². The fourth-order valence-corrected chi connectivity index (χ4v) is 19.4. The lowest BCUT2D eigenvalue weighted by molar-refractivity contribution is 0.0682. The Morgan fingerprint density at radius 3 is 1.47 bits per heavy atom. The molecule has 0 spiro atoms. The van der Waals surface area contributed by atoms with Crippen molar-refractivity contribution in [3.63, 3.8) is 0 Å². The number of carbonyl (C=O) groups is 4. The van der Waals surface area contributed by atoms with Gasteiger partial charge in [-0.2, -0.15) is 17.0 Å². The molecular weight excluding hydrogens is 1840 g/mol. The maximum Gasteiger partial charge on any atom is 0.262 e. The molecule has 2 atom stereocenters. The summed E-state index contributed by atoms with van der Waals surface area (Å²) >= 11 is 8.46. The minimum atomic E-state index is -0.474. The Labute approximate surface area is 845 Å². The number of halogens is 4. The van der Waals surface area contributed by atoms with Gasteiger partial charge in [-0.25, -0.2) is 53.0 Å². The number of carbonyl (C=O) groups excluding carboxylic acids is 4. The van der Waals surface area contributed by atoms with Gasteiger partial charge in [-0.1, -0.05) is 179 Å². The minimum Gasteiger partial charge on any atom is -0.497 e. The Morgan fingerprint density at radius 1 is 0.469 bits per heavy atom. The summed E-state index contributed by atoms with van der Waals surface area (Å²) in [7, 11) is 1.64. The molecule has 29 heteroatoms. The summed E-state index contributed by atoms with van der Waals surface area (Å²) in [5.41, 5.74) is 10.3. The van der Waals surface area contributed by atoms with E-state index in [1.165, 1.54) is 62.1 Å². The van der Waals surface area contributed by atoms with Gasteiger partial charge < -0.3 is 53.8 Å². The molecule has 0 radical (unpaired) electrons. The summed E-state index contributed by atoms with van der Waals surface area (Å²) in [4.78, 5) is 106. The van der Waals surface area contributed by atoms with E-state index in [9.17, 15) is 33.2 Å². The molecule has 4 fully saturated rings. The Bertz CT molecular complexity index is 6660. The van der Waals surface area contributed by atoms with E-state index in [1.807, 2.05) is 151 Å². The lowest BCUT2D eigenvalue weighted by Gasteiger charge is -2.41. The first kappa shape index (κ1) is 103. The Balaban J connectivity index is 0.000000144.